The largest absolute Gasteiger partial charge is 2.00 e. The molecule has 0 heterocycles. The Morgan fingerprint density at radius 2 is 0.895 bits per heavy atom. The van der Waals surface area contributed by atoms with Gasteiger partial charge >= 0.3 is 19.5 Å². The Morgan fingerprint density at radius 1 is 0.579 bits per heavy atom. The van der Waals surface area contributed by atoms with E-state index < -0.39 is 0 Å². The van der Waals surface area contributed by atoms with Crippen LogP contribution in [0.4, 0.5) is 0 Å². The van der Waals surface area contributed by atoms with Crippen LogP contribution in [0.1, 0.15) is 0 Å². The third kappa shape index (κ3) is 2.48. The van der Waals surface area contributed by atoms with E-state index in [0.717, 1.165) is 10.8 Å². The molecule has 2 rings (SSSR count). The third-order valence-electron chi connectivity index (χ3n) is 2.85. The summed E-state index contributed by atoms with van der Waals surface area (Å²) in [5, 5.41) is 1.85. The predicted octanol–water partition coefficient (Wildman–Crippen LogP) is 2.87. The van der Waals surface area contributed by atoms with Crippen molar-refractivity contribution in [1.29, 1.82) is 0 Å². The van der Waals surface area contributed by atoms with E-state index in [1.54, 1.807) is 28.4 Å². The number of benzene rings is 2. The summed E-state index contributed by atoms with van der Waals surface area (Å²) < 4.78 is 21.6. The fourth-order valence-electron chi connectivity index (χ4n) is 2.11. The van der Waals surface area contributed by atoms with E-state index in [9.17, 15) is 0 Å². The first-order valence-corrected chi connectivity index (χ1v) is 5.53. The summed E-state index contributed by atoms with van der Waals surface area (Å²) in [7, 11) is 6.37. The number of hydrogen-bond donors (Lipinski definition) is 0. The number of ether oxygens (including phenoxy) is 4. The van der Waals surface area contributed by atoms with Crippen LogP contribution in [0.25, 0.3) is 10.8 Å². The van der Waals surface area contributed by atoms with Crippen molar-refractivity contribution in [3.63, 3.8) is 0 Å². The summed E-state index contributed by atoms with van der Waals surface area (Å²) in [4.78, 5) is 0. The molecule has 0 saturated carbocycles. The Bertz CT molecular complexity index is 518. The van der Waals surface area contributed by atoms with Crippen molar-refractivity contribution >= 4 is 10.8 Å². The first kappa shape index (κ1) is 15.6. The summed E-state index contributed by atoms with van der Waals surface area (Å²) in [6.45, 7) is 0. The molecule has 2 aromatic rings. The third-order valence-corrected chi connectivity index (χ3v) is 2.85. The Balaban J connectivity index is 0.00000180. The molecule has 4 nitrogen and oxygen atoms in total. The second-order valence-corrected chi connectivity index (χ2v) is 3.68. The minimum Gasteiger partial charge on any atom is -0.492 e. The second kappa shape index (κ2) is 6.62. The van der Waals surface area contributed by atoms with Crippen molar-refractivity contribution in [2.75, 3.05) is 28.4 Å². The van der Waals surface area contributed by atoms with Gasteiger partial charge in [-0.1, -0.05) is 24.3 Å². The molecule has 0 fully saturated rings. The van der Waals surface area contributed by atoms with Gasteiger partial charge in [0.05, 0.1) is 28.4 Å². The number of fused-ring (bicyclic) bond motifs is 1. The molecule has 0 spiro atoms. The standard InChI is InChI=1S/C14H16O4.Zn/c1-15-11-9-7-5-6-8-10(9)12(16-2)14(18-4)13(11)17-3;/h5-8H,1-4H3;/q;+2. The van der Waals surface area contributed by atoms with E-state index in [1.165, 1.54) is 0 Å². The van der Waals surface area contributed by atoms with Crippen LogP contribution in [-0.2, 0) is 19.5 Å². The molecule has 0 aliphatic carbocycles. The van der Waals surface area contributed by atoms with Crippen LogP contribution in [-0.4, -0.2) is 28.4 Å². The normalized spacial score (nSPS) is 9.68. The average Bonchev–Trinajstić information content (AvgIpc) is 2.44. The van der Waals surface area contributed by atoms with Crippen molar-refractivity contribution in [2.45, 2.75) is 0 Å². The molecule has 0 bridgehead atoms. The van der Waals surface area contributed by atoms with Gasteiger partial charge < -0.3 is 18.9 Å². The Labute approximate surface area is 125 Å². The van der Waals surface area contributed by atoms with Crippen molar-refractivity contribution in [3.8, 4) is 23.0 Å². The van der Waals surface area contributed by atoms with Crippen LogP contribution in [0.15, 0.2) is 24.3 Å². The number of hydrogen-bond acceptors (Lipinski definition) is 4. The molecule has 5 heteroatoms. The van der Waals surface area contributed by atoms with Gasteiger partial charge in [0.15, 0.2) is 11.5 Å². The molecule has 0 amide bonds. The van der Waals surface area contributed by atoms with E-state index in [4.69, 9.17) is 18.9 Å². The number of methoxy groups -OCH3 is 4. The molecule has 19 heavy (non-hydrogen) atoms. The molecule has 0 saturated heterocycles. The topological polar surface area (TPSA) is 36.9 Å². The van der Waals surface area contributed by atoms with Crippen molar-refractivity contribution in [3.05, 3.63) is 24.3 Å². The molecular weight excluding hydrogens is 298 g/mol. The van der Waals surface area contributed by atoms with Gasteiger partial charge in [-0.3, -0.25) is 0 Å². The van der Waals surface area contributed by atoms with Crippen LogP contribution in [0.2, 0.25) is 0 Å². The molecule has 0 radical (unpaired) electrons. The van der Waals surface area contributed by atoms with Crippen LogP contribution in [0.3, 0.4) is 0 Å². The van der Waals surface area contributed by atoms with Gasteiger partial charge in [0.1, 0.15) is 0 Å². The van der Waals surface area contributed by atoms with Gasteiger partial charge in [-0.15, -0.1) is 0 Å². The summed E-state index contributed by atoms with van der Waals surface area (Å²) >= 11 is 0. The van der Waals surface area contributed by atoms with Crippen LogP contribution in [0, 0.1) is 0 Å². The van der Waals surface area contributed by atoms with E-state index in [2.05, 4.69) is 0 Å². The Morgan fingerprint density at radius 3 is 1.16 bits per heavy atom. The zero-order valence-electron chi connectivity index (χ0n) is 11.6. The van der Waals surface area contributed by atoms with Crippen LogP contribution < -0.4 is 18.9 Å². The monoisotopic (exact) mass is 312 g/mol. The quantitative estimate of drug-likeness (QED) is 0.813. The minimum absolute atomic E-state index is 0. The van der Waals surface area contributed by atoms with E-state index >= 15 is 0 Å². The Hall–Kier alpha value is -1.48. The van der Waals surface area contributed by atoms with Crippen molar-refractivity contribution in [2.24, 2.45) is 0 Å². The molecule has 96 valence electrons. The predicted molar refractivity (Wildman–Crippen MR) is 70.2 cm³/mol. The first-order chi connectivity index (χ1) is 8.78. The van der Waals surface area contributed by atoms with Gasteiger partial charge in [0.25, 0.3) is 0 Å². The molecule has 0 N–H and O–H groups in total. The molecule has 0 aliphatic rings. The van der Waals surface area contributed by atoms with E-state index in [0.29, 0.717) is 23.0 Å². The second-order valence-electron chi connectivity index (χ2n) is 3.68. The molecule has 0 aliphatic heterocycles. The smallest absolute Gasteiger partial charge is 0.492 e. The van der Waals surface area contributed by atoms with Crippen LogP contribution in [0.5, 0.6) is 23.0 Å². The summed E-state index contributed by atoms with van der Waals surface area (Å²) in [5.41, 5.74) is 0. The summed E-state index contributed by atoms with van der Waals surface area (Å²) in [6.07, 6.45) is 0. The first-order valence-electron chi connectivity index (χ1n) is 5.53. The summed E-state index contributed by atoms with van der Waals surface area (Å²) in [6, 6.07) is 7.80. The van der Waals surface area contributed by atoms with Crippen molar-refractivity contribution < 1.29 is 38.4 Å². The molecular formula is C14H16O4Zn+2. The van der Waals surface area contributed by atoms with Gasteiger partial charge in [0, 0.05) is 10.8 Å². The molecule has 2 aromatic carbocycles. The molecule has 0 atom stereocenters. The zero-order valence-corrected chi connectivity index (χ0v) is 14.6. The fourth-order valence-corrected chi connectivity index (χ4v) is 2.11. The van der Waals surface area contributed by atoms with Gasteiger partial charge in [-0.25, -0.2) is 0 Å². The van der Waals surface area contributed by atoms with Crippen molar-refractivity contribution in [1.82, 2.24) is 0 Å². The van der Waals surface area contributed by atoms with Gasteiger partial charge in [-0.05, 0) is 0 Å². The van der Waals surface area contributed by atoms with Gasteiger partial charge in [-0.2, -0.15) is 0 Å². The van der Waals surface area contributed by atoms with Crippen LogP contribution >= 0.6 is 0 Å². The molecule has 0 aromatic heterocycles. The van der Waals surface area contributed by atoms with Gasteiger partial charge in [0.2, 0.25) is 11.5 Å². The fraction of sp³-hybridized carbons (Fsp3) is 0.286. The zero-order chi connectivity index (χ0) is 13.1. The maximum Gasteiger partial charge on any atom is 2.00 e. The van der Waals surface area contributed by atoms with E-state index in [-0.39, 0.29) is 19.5 Å². The number of rotatable bonds is 4. The molecule has 0 unspecified atom stereocenters. The van der Waals surface area contributed by atoms with E-state index in [1.807, 2.05) is 24.3 Å². The average molecular weight is 314 g/mol. The Kier molecular flexibility index (Phi) is 5.43. The summed E-state index contributed by atoms with van der Waals surface area (Å²) in [5.74, 6) is 2.36. The maximum atomic E-state index is 5.43. The maximum absolute atomic E-state index is 5.43. The SMILES string of the molecule is COc1c(OC)c(OC)c2ccccc2c1OC.[Zn+2]. The minimum atomic E-state index is 0.